The van der Waals surface area contributed by atoms with Crippen molar-refractivity contribution in [2.45, 2.75) is 25.3 Å². The van der Waals surface area contributed by atoms with E-state index < -0.39 is 17.9 Å². The summed E-state index contributed by atoms with van der Waals surface area (Å²) >= 11 is 0. The number of Topliss-reactive ketones (excluding diaryl/α,β-unsaturated/α-hetero) is 1. The number of fused-ring (bicyclic) bond motifs is 1. The molecule has 7 heteroatoms. The molecular weight excluding hydrogens is 370 g/mol. The van der Waals surface area contributed by atoms with Gasteiger partial charge in [-0.25, -0.2) is 0 Å². The predicted octanol–water partition coefficient (Wildman–Crippen LogP) is 3.05. The minimum absolute atomic E-state index is 0.0793. The summed E-state index contributed by atoms with van der Waals surface area (Å²) in [6, 6.07) is 17.3. The minimum atomic E-state index is -0.934. The number of hydroxylamine groups is 1. The molecule has 1 aromatic heterocycles. The van der Waals surface area contributed by atoms with Gasteiger partial charge in [-0.1, -0.05) is 60.6 Å². The van der Waals surface area contributed by atoms with Gasteiger partial charge in [0.05, 0.1) is 0 Å². The molecule has 1 aliphatic rings. The molecular formula is C22H20N3O4-. The molecule has 2 atom stereocenters. The van der Waals surface area contributed by atoms with Gasteiger partial charge in [-0.15, -0.1) is 0 Å². The maximum absolute atomic E-state index is 12.8. The standard InChI is InChI=1S/C22H20N3O4/c1-14-17-9-5-6-10-20(17)25(28)13-19(21(14)26)23-22(27)18-12-16(29-24-18)11-15-7-3-2-4-8-15/h2-10,12,14,19H,11,13H2,1H3,(H,23,27)/q-1. The van der Waals surface area contributed by atoms with Gasteiger partial charge in [-0.05, 0) is 17.2 Å². The molecule has 0 saturated carbocycles. The number of para-hydroxylation sites is 1. The summed E-state index contributed by atoms with van der Waals surface area (Å²) in [4.78, 5) is 25.5. The van der Waals surface area contributed by atoms with Gasteiger partial charge in [-0.2, -0.15) is 0 Å². The van der Waals surface area contributed by atoms with Crippen LogP contribution in [0.2, 0.25) is 0 Å². The zero-order valence-electron chi connectivity index (χ0n) is 15.9. The third-order valence-electron chi connectivity index (χ3n) is 5.11. The smallest absolute Gasteiger partial charge is 0.274 e. The van der Waals surface area contributed by atoms with Gasteiger partial charge < -0.3 is 20.1 Å². The first-order chi connectivity index (χ1) is 14.0. The zero-order valence-corrected chi connectivity index (χ0v) is 15.9. The Hall–Kier alpha value is -3.45. The molecule has 0 spiro atoms. The summed E-state index contributed by atoms with van der Waals surface area (Å²) in [7, 11) is 0. The zero-order chi connectivity index (χ0) is 20.4. The Morgan fingerprint density at radius 2 is 1.93 bits per heavy atom. The topological polar surface area (TPSA) is 98.5 Å². The summed E-state index contributed by atoms with van der Waals surface area (Å²) in [6.45, 7) is 1.59. The quantitative estimate of drug-likeness (QED) is 0.735. The Morgan fingerprint density at radius 3 is 2.72 bits per heavy atom. The fourth-order valence-corrected chi connectivity index (χ4v) is 3.54. The van der Waals surface area contributed by atoms with Gasteiger partial charge >= 0.3 is 0 Å². The summed E-state index contributed by atoms with van der Waals surface area (Å²) in [5.41, 5.74) is 2.23. The number of anilines is 1. The number of amides is 1. The molecule has 7 nitrogen and oxygen atoms in total. The van der Waals surface area contributed by atoms with E-state index in [-0.39, 0.29) is 18.0 Å². The highest BCUT2D eigenvalue weighted by Crippen LogP contribution is 2.31. The fraction of sp³-hybridized carbons (Fsp3) is 0.227. The average molecular weight is 390 g/mol. The Kier molecular flexibility index (Phi) is 5.14. The number of carbonyl (C=O) groups is 2. The first-order valence-electron chi connectivity index (χ1n) is 9.40. The van der Waals surface area contributed by atoms with Crippen molar-refractivity contribution in [2.75, 3.05) is 11.6 Å². The number of hydrogen-bond acceptors (Lipinski definition) is 6. The number of nitrogens with one attached hydrogen (secondary N) is 1. The van der Waals surface area contributed by atoms with Crippen molar-refractivity contribution in [2.24, 2.45) is 0 Å². The molecule has 0 bridgehead atoms. The molecule has 0 fully saturated rings. The van der Waals surface area contributed by atoms with E-state index in [1.54, 1.807) is 37.3 Å². The van der Waals surface area contributed by atoms with Gasteiger partial charge in [0.25, 0.3) is 5.91 Å². The SMILES string of the molecule is CC1C(=O)C(NC(=O)c2cc(Cc3ccccc3)on2)CN([O-])c2ccccc21. The first kappa shape index (κ1) is 18.9. The van der Waals surface area contributed by atoms with Crippen LogP contribution in [0.1, 0.15) is 40.2 Å². The van der Waals surface area contributed by atoms with Crippen molar-refractivity contribution >= 4 is 17.4 Å². The van der Waals surface area contributed by atoms with Crippen LogP contribution >= 0.6 is 0 Å². The molecule has 1 aliphatic heterocycles. The van der Waals surface area contributed by atoms with E-state index in [1.165, 1.54) is 0 Å². The number of hydrogen-bond donors (Lipinski definition) is 1. The Balaban J connectivity index is 1.48. The second kappa shape index (κ2) is 7.89. The summed E-state index contributed by atoms with van der Waals surface area (Å²) in [5, 5.41) is 19.7. The van der Waals surface area contributed by atoms with E-state index >= 15 is 0 Å². The van der Waals surface area contributed by atoms with E-state index in [1.807, 2.05) is 30.3 Å². The van der Waals surface area contributed by atoms with Crippen LogP contribution in [0, 0.1) is 5.21 Å². The molecule has 2 unspecified atom stereocenters. The number of nitrogens with zero attached hydrogens (tertiary/aromatic N) is 2. The van der Waals surface area contributed by atoms with Crippen LogP contribution in [0.4, 0.5) is 5.69 Å². The lowest BCUT2D eigenvalue weighted by atomic mass is 9.93. The minimum Gasteiger partial charge on any atom is -0.758 e. The molecule has 1 N–H and O–H groups in total. The normalized spacial score (nSPS) is 18.8. The van der Waals surface area contributed by atoms with Crippen LogP contribution in [-0.2, 0) is 11.2 Å². The van der Waals surface area contributed by atoms with Gasteiger partial charge in [-0.3, -0.25) is 9.59 Å². The molecule has 0 radical (unpaired) electrons. The van der Waals surface area contributed by atoms with E-state index in [2.05, 4.69) is 10.5 Å². The Morgan fingerprint density at radius 1 is 1.21 bits per heavy atom. The number of aromatic nitrogens is 1. The van der Waals surface area contributed by atoms with Crippen LogP contribution in [0.5, 0.6) is 0 Å². The second-order valence-corrected chi connectivity index (χ2v) is 7.11. The van der Waals surface area contributed by atoms with Crippen molar-refractivity contribution in [3.05, 3.63) is 88.5 Å². The molecule has 0 aliphatic carbocycles. The van der Waals surface area contributed by atoms with Crippen molar-refractivity contribution in [1.82, 2.24) is 10.5 Å². The largest absolute Gasteiger partial charge is 0.758 e. The summed E-state index contributed by atoms with van der Waals surface area (Å²) in [6.07, 6.45) is 0.504. The van der Waals surface area contributed by atoms with Crippen molar-refractivity contribution < 1.29 is 14.1 Å². The van der Waals surface area contributed by atoms with Crippen molar-refractivity contribution in [1.29, 1.82) is 0 Å². The molecule has 3 aromatic rings. The monoisotopic (exact) mass is 390 g/mol. The van der Waals surface area contributed by atoms with Crippen LogP contribution in [0.25, 0.3) is 0 Å². The molecule has 148 valence electrons. The number of benzene rings is 2. The Labute approximate surface area is 167 Å². The number of carbonyl (C=O) groups excluding carboxylic acids is 2. The highest BCUT2D eigenvalue weighted by molar-refractivity contribution is 5.99. The summed E-state index contributed by atoms with van der Waals surface area (Å²) in [5.74, 6) is -0.712. The molecule has 2 aromatic carbocycles. The van der Waals surface area contributed by atoms with Crippen molar-refractivity contribution in [3.63, 3.8) is 0 Å². The van der Waals surface area contributed by atoms with Crippen LogP contribution in [-0.4, -0.2) is 29.4 Å². The van der Waals surface area contributed by atoms with Crippen LogP contribution in [0.3, 0.4) is 0 Å². The highest BCUT2D eigenvalue weighted by atomic mass is 16.5. The number of rotatable bonds is 4. The highest BCUT2D eigenvalue weighted by Gasteiger charge is 2.32. The fourth-order valence-electron chi connectivity index (χ4n) is 3.54. The number of ketones is 1. The predicted molar refractivity (Wildman–Crippen MR) is 108 cm³/mol. The lowest BCUT2D eigenvalue weighted by Crippen LogP contribution is -2.47. The van der Waals surface area contributed by atoms with Gasteiger partial charge in [0.1, 0.15) is 11.8 Å². The van der Waals surface area contributed by atoms with E-state index in [4.69, 9.17) is 4.52 Å². The van der Waals surface area contributed by atoms with Gasteiger partial charge in [0, 0.05) is 30.6 Å². The first-order valence-corrected chi connectivity index (χ1v) is 9.40. The third kappa shape index (κ3) is 3.90. The molecule has 4 rings (SSSR count). The van der Waals surface area contributed by atoms with E-state index in [0.717, 1.165) is 10.6 Å². The summed E-state index contributed by atoms with van der Waals surface area (Å²) < 4.78 is 5.26. The maximum Gasteiger partial charge on any atom is 0.274 e. The van der Waals surface area contributed by atoms with Gasteiger partial charge in [0.2, 0.25) is 0 Å². The maximum atomic E-state index is 12.8. The van der Waals surface area contributed by atoms with Crippen LogP contribution in [0.15, 0.2) is 65.2 Å². The molecule has 1 amide bonds. The average Bonchev–Trinajstić information content (AvgIpc) is 3.18. The van der Waals surface area contributed by atoms with Crippen LogP contribution < -0.4 is 10.4 Å². The van der Waals surface area contributed by atoms with Gasteiger partial charge in [0.15, 0.2) is 11.5 Å². The van der Waals surface area contributed by atoms with E-state index in [9.17, 15) is 14.8 Å². The molecule has 0 saturated heterocycles. The second-order valence-electron chi connectivity index (χ2n) is 7.11. The van der Waals surface area contributed by atoms with Crippen molar-refractivity contribution in [3.8, 4) is 0 Å². The molecule has 29 heavy (non-hydrogen) atoms. The Bertz CT molecular complexity index is 1030. The lowest BCUT2D eigenvalue weighted by molar-refractivity contribution is -0.121. The molecule has 2 heterocycles. The third-order valence-corrected chi connectivity index (χ3v) is 5.11. The van der Waals surface area contributed by atoms with E-state index in [0.29, 0.717) is 23.4 Å². The lowest BCUT2D eigenvalue weighted by Gasteiger charge is -2.32.